The monoisotopic (exact) mass is 560 g/mol. The Hall–Kier alpha value is -1.61. The molecule has 8 heteroatoms. The van der Waals surface area contributed by atoms with Crippen LogP contribution >= 0.6 is 0 Å². The van der Waals surface area contributed by atoms with E-state index in [0.29, 0.717) is 25.7 Å². The molecule has 3 saturated carbocycles. The molecule has 5 rings (SSSR count). The smallest absolute Gasteiger partial charge is 0.303 e. The van der Waals surface area contributed by atoms with Crippen LogP contribution in [0.2, 0.25) is 0 Å². The maximum atomic E-state index is 13.6. The van der Waals surface area contributed by atoms with E-state index >= 15 is 0 Å². The molecule has 8 nitrogen and oxygen atoms in total. The van der Waals surface area contributed by atoms with Crippen molar-refractivity contribution in [1.82, 2.24) is 0 Å². The number of esters is 1. The lowest BCUT2D eigenvalue weighted by molar-refractivity contribution is -0.191. The van der Waals surface area contributed by atoms with Crippen LogP contribution < -0.4 is 0 Å². The number of ether oxygens (including phenoxy) is 3. The minimum absolute atomic E-state index is 0.0391. The van der Waals surface area contributed by atoms with Gasteiger partial charge in [-0.3, -0.25) is 14.4 Å². The van der Waals surface area contributed by atoms with Crippen LogP contribution in [0.3, 0.4) is 0 Å². The van der Waals surface area contributed by atoms with Crippen LogP contribution in [0.15, 0.2) is 11.6 Å². The SMILES string of the molecule is CC(=O)O[C@H]1C[C@@]2(C)[C@@H](CC1=O)C(=O)C=C1[C@@H]2CC[C@]2(C)[C@@H]([C@@]3(C)OC(C)(C)O[C@@H]3CCC(C)(C)O)CC[C@@]12O. The first-order chi connectivity index (χ1) is 18.3. The molecule has 5 aliphatic rings. The van der Waals surface area contributed by atoms with Gasteiger partial charge in [-0.2, -0.15) is 0 Å². The molecule has 4 aliphatic carbocycles. The first kappa shape index (κ1) is 29.9. The third-order valence-electron chi connectivity index (χ3n) is 11.5. The molecule has 1 aliphatic heterocycles. The highest BCUT2D eigenvalue weighted by Gasteiger charge is 2.71. The van der Waals surface area contributed by atoms with E-state index < -0.39 is 51.4 Å². The topological polar surface area (TPSA) is 119 Å². The molecule has 4 fully saturated rings. The third-order valence-corrected chi connectivity index (χ3v) is 11.5. The zero-order valence-corrected chi connectivity index (χ0v) is 25.5. The summed E-state index contributed by atoms with van der Waals surface area (Å²) < 4.78 is 18.5. The Morgan fingerprint density at radius 2 is 1.77 bits per heavy atom. The predicted octanol–water partition coefficient (Wildman–Crippen LogP) is 4.43. The van der Waals surface area contributed by atoms with Crippen LogP contribution in [0.1, 0.15) is 107 Å². The minimum Gasteiger partial charge on any atom is -0.455 e. The Bertz CT molecular complexity index is 1130. The number of hydrogen-bond acceptors (Lipinski definition) is 8. The maximum Gasteiger partial charge on any atom is 0.303 e. The predicted molar refractivity (Wildman–Crippen MR) is 147 cm³/mol. The summed E-state index contributed by atoms with van der Waals surface area (Å²) in [6.45, 7) is 15.0. The Morgan fingerprint density at radius 3 is 2.40 bits per heavy atom. The molecule has 40 heavy (non-hydrogen) atoms. The number of fused-ring (bicyclic) bond motifs is 5. The van der Waals surface area contributed by atoms with Gasteiger partial charge in [-0.1, -0.05) is 13.8 Å². The molecule has 1 saturated heterocycles. The molecule has 0 bridgehead atoms. The first-order valence-corrected chi connectivity index (χ1v) is 15.0. The normalized spacial score (nSPS) is 46.4. The summed E-state index contributed by atoms with van der Waals surface area (Å²) in [5.41, 5.74) is -3.10. The fourth-order valence-electron chi connectivity index (χ4n) is 9.61. The van der Waals surface area contributed by atoms with Crippen molar-refractivity contribution in [3.8, 4) is 0 Å². The molecule has 0 aromatic carbocycles. The Labute approximate surface area is 238 Å². The lowest BCUT2D eigenvalue weighted by Crippen LogP contribution is -2.62. The summed E-state index contributed by atoms with van der Waals surface area (Å²) >= 11 is 0. The average molecular weight is 561 g/mol. The lowest BCUT2D eigenvalue weighted by Gasteiger charge is -2.60. The number of aliphatic hydroxyl groups is 2. The second-order valence-electron chi connectivity index (χ2n) is 15.1. The number of allylic oxidation sites excluding steroid dienone is 1. The van der Waals surface area contributed by atoms with Crippen molar-refractivity contribution in [3.63, 3.8) is 0 Å². The van der Waals surface area contributed by atoms with E-state index in [0.717, 1.165) is 24.8 Å². The van der Waals surface area contributed by atoms with Gasteiger partial charge in [0.2, 0.25) is 0 Å². The van der Waals surface area contributed by atoms with Crippen molar-refractivity contribution < 1.29 is 38.8 Å². The zero-order valence-electron chi connectivity index (χ0n) is 25.5. The number of ketones is 2. The summed E-state index contributed by atoms with van der Waals surface area (Å²) in [4.78, 5) is 38.2. The van der Waals surface area contributed by atoms with Crippen LogP contribution in [0, 0.1) is 28.6 Å². The van der Waals surface area contributed by atoms with Gasteiger partial charge >= 0.3 is 5.97 Å². The minimum atomic E-state index is -1.21. The molecule has 0 unspecified atom stereocenters. The van der Waals surface area contributed by atoms with Crippen LogP contribution in [0.25, 0.3) is 0 Å². The van der Waals surface area contributed by atoms with Gasteiger partial charge in [-0.05, 0) is 108 Å². The van der Waals surface area contributed by atoms with Gasteiger partial charge in [0.25, 0.3) is 0 Å². The van der Waals surface area contributed by atoms with Crippen LogP contribution in [-0.4, -0.2) is 62.5 Å². The number of carbonyl (C=O) groups excluding carboxylic acids is 3. The fourth-order valence-corrected chi connectivity index (χ4v) is 9.61. The van der Waals surface area contributed by atoms with Crippen LogP contribution in [-0.2, 0) is 28.6 Å². The third kappa shape index (κ3) is 4.43. The fraction of sp³-hybridized carbons (Fsp3) is 0.844. The molecule has 0 radical (unpaired) electrons. The van der Waals surface area contributed by atoms with E-state index in [2.05, 4.69) is 13.8 Å². The number of carbonyl (C=O) groups is 3. The highest BCUT2D eigenvalue weighted by atomic mass is 16.8. The lowest BCUT2D eigenvalue weighted by atomic mass is 9.45. The second kappa shape index (κ2) is 9.19. The van der Waals surface area contributed by atoms with Gasteiger partial charge in [0.05, 0.1) is 22.9 Å². The summed E-state index contributed by atoms with van der Waals surface area (Å²) in [6, 6.07) is 0. The van der Waals surface area contributed by atoms with E-state index in [9.17, 15) is 24.6 Å². The van der Waals surface area contributed by atoms with Crippen molar-refractivity contribution >= 4 is 17.5 Å². The van der Waals surface area contributed by atoms with Crippen molar-refractivity contribution in [2.45, 2.75) is 142 Å². The van der Waals surface area contributed by atoms with E-state index in [4.69, 9.17) is 14.2 Å². The van der Waals surface area contributed by atoms with Gasteiger partial charge in [0.15, 0.2) is 23.5 Å². The summed E-state index contributed by atoms with van der Waals surface area (Å²) in [7, 11) is 0. The van der Waals surface area contributed by atoms with Crippen molar-refractivity contribution in [2.75, 3.05) is 0 Å². The highest BCUT2D eigenvalue weighted by molar-refractivity contribution is 5.99. The molecule has 0 amide bonds. The summed E-state index contributed by atoms with van der Waals surface area (Å²) in [5, 5.41) is 23.1. The largest absolute Gasteiger partial charge is 0.455 e. The van der Waals surface area contributed by atoms with E-state index in [-0.39, 0.29) is 35.9 Å². The van der Waals surface area contributed by atoms with E-state index in [1.54, 1.807) is 19.9 Å². The molecular weight excluding hydrogens is 512 g/mol. The summed E-state index contributed by atoms with van der Waals surface area (Å²) in [6.07, 6.45) is 4.81. The molecule has 0 aromatic rings. The second-order valence-corrected chi connectivity index (χ2v) is 15.1. The number of hydrogen-bond donors (Lipinski definition) is 2. The quantitative estimate of drug-likeness (QED) is 0.474. The van der Waals surface area contributed by atoms with Gasteiger partial charge in [-0.25, -0.2) is 0 Å². The molecule has 2 N–H and O–H groups in total. The molecule has 224 valence electrons. The van der Waals surface area contributed by atoms with Gasteiger partial charge < -0.3 is 24.4 Å². The number of Topliss-reactive ketones (excluding diaryl/α,β-unsaturated/α-hetero) is 1. The summed E-state index contributed by atoms with van der Waals surface area (Å²) in [5.74, 6) is -2.21. The van der Waals surface area contributed by atoms with Crippen molar-refractivity contribution in [2.24, 2.45) is 28.6 Å². The molecule has 9 atom stereocenters. The molecular formula is C32H48O8. The average Bonchev–Trinajstić information content (AvgIpc) is 3.22. The van der Waals surface area contributed by atoms with Crippen molar-refractivity contribution in [3.05, 3.63) is 11.6 Å². The Morgan fingerprint density at radius 1 is 1.10 bits per heavy atom. The maximum absolute atomic E-state index is 13.6. The van der Waals surface area contributed by atoms with Gasteiger partial charge in [0.1, 0.15) is 0 Å². The van der Waals surface area contributed by atoms with Crippen LogP contribution in [0.4, 0.5) is 0 Å². The standard InChI is InChI=1S/C32H48O8/c1-18(33)38-24-17-29(6)19-9-13-30(7)25(31(8)26(11-12-27(2,3)36)39-28(4,5)40-31)10-14-32(30,37)20(19)15-22(34)21(29)16-23(24)35/h15,19,21,24-26,36-37H,9-14,16-17H2,1-8H3/t19-,21-,24-,25-,26+,29+,30+,31+,32+/m0/s1. The first-order valence-electron chi connectivity index (χ1n) is 15.0. The molecule has 0 spiro atoms. The van der Waals surface area contributed by atoms with E-state index in [1.165, 1.54) is 6.92 Å². The highest BCUT2D eigenvalue weighted by Crippen LogP contribution is 2.69. The Kier molecular flexibility index (Phi) is 6.86. The van der Waals surface area contributed by atoms with Crippen LogP contribution in [0.5, 0.6) is 0 Å². The molecule has 0 aromatic heterocycles. The van der Waals surface area contributed by atoms with Crippen molar-refractivity contribution in [1.29, 1.82) is 0 Å². The zero-order chi connectivity index (χ0) is 29.7. The van der Waals surface area contributed by atoms with Gasteiger partial charge in [-0.15, -0.1) is 0 Å². The van der Waals surface area contributed by atoms with E-state index in [1.807, 2.05) is 20.8 Å². The number of rotatable bonds is 5. The Balaban J connectivity index is 1.50. The van der Waals surface area contributed by atoms with Gasteiger partial charge in [0, 0.05) is 24.7 Å². The molecule has 1 heterocycles.